The molecule has 2 fully saturated rings. The summed E-state index contributed by atoms with van der Waals surface area (Å²) in [5.41, 5.74) is 0.371. The molecular weight excluding hydrogens is 498 g/mol. The number of likely N-dealkylation sites (tertiary alicyclic amines) is 1. The maximum Gasteiger partial charge on any atom is 0.245 e. The Balaban J connectivity index is 1.67. The van der Waals surface area contributed by atoms with Gasteiger partial charge in [-0.25, -0.2) is 16.8 Å². The van der Waals surface area contributed by atoms with E-state index in [9.17, 15) is 26.9 Å². The molecule has 3 unspecified atom stereocenters. The summed E-state index contributed by atoms with van der Waals surface area (Å²) in [5.74, 6) is 0.00602. The lowest BCUT2D eigenvalue weighted by atomic mass is 9.63. The van der Waals surface area contributed by atoms with Crippen molar-refractivity contribution in [2.45, 2.75) is 75.6 Å². The first-order chi connectivity index (χ1) is 16.6. The van der Waals surface area contributed by atoms with Gasteiger partial charge in [-0.05, 0) is 74.6 Å². The summed E-state index contributed by atoms with van der Waals surface area (Å²) < 4.78 is 49.3. The van der Waals surface area contributed by atoms with Gasteiger partial charge in [-0.1, -0.05) is 20.8 Å². The van der Waals surface area contributed by atoms with E-state index in [0.29, 0.717) is 19.4 Å². The zero-order chi connectivity index (χ0) is 26.9. The minimum Gasteiger partial charge on any atom is -0.325 e. The molecule has 8 nitrogen and oxygen atoms in total. The number of sulfone groups is 2. The molecule has 1 aliphatic heterocycles. The number of carbonyl (C=O) groups excluding carboxylic acids is 1. The zero-order valence-electron chi connectivity index (χ0n) is 21.8. The lowest BCUT2D eigenvalue weighted by Crippen LogP contribution is -2.41. The van der Waals surface area contributed by atoms with Gasteiger partial charge in [0.25, 0.3) is 0 Å². The molecule has 1 heterocycles. The van der Waals surface area contributed by atoms with Crippen LogP contribution in [0.4, 0.5) is 0 Å². The van der Waals surface area contributed by atoms with Crippen molar-refractivity contribution in [3.8, 4) is 6.07 Å². The Morgan fingerprint density at radius 1 is 1.11 bits per heavy atom. The van der Waals surface area contributed by atoms with Crippen molar-refractivity contribution in [3.05, 3.63) is 24.3 Å². The van der Waals surface area contributed by atoms with Gasteiger partial charge in [0.05, 0.1) is 21.6 Å². The normalized spacial score (nSPS) is 26.7. The Kier molecular flexibility index (Phi) is 8.07. The van der Waals surface area contributed by atoms with E-state index < -0.39 is 19.7 Å². The Morgan fingerprint density at radius 3 is 2.31 bits per heavy atom. The van der Waals surface area contributed by atoms with E-state index in [-0.39, 0.29) is 50.8 Å². The van der Waals surface area contributed by atoms with E-state index in [1.807, 2.05) is 6.92 Å². The lowest BCUT2D eigenvalue weighted by molar-refractivity contribution is -0.129. The highest BCUT2D eigenvalue weighted by atomic mass is 32.2. The van der Waals surface area contributed by atoms with Gasteiger partial charge in [-0.3, -0.25) is 9.79 Å². The highest BCUT2D eigenvalue weighted by molar-refractivity contribution is 7.91. The summed E-state index contributed by atoms with van der Waals surface area (Å²) in [6.07, 6.45) is 4.83. The van der Waals surface area contributed by atoms with Gasteiger partial charge >= 0.3 is 0 Å². The molecule has 1 saturated carbocycles. The van der Waals surface area contributed by atoms with Crippen LogP contribution in [0.3, 0.4) is 0 Å². The molecule has 36 heavy (non-hydrogen) atoms. The molecule has 0 spiro atoms. The Morgan fingerprint density at radius 2 is 1.72 bits per heavy atom. The van der Waals surface area contributed by atoms with Crippen LogP contribution >= 0.6 is 0 Å². The summed E-state index contributed by atoms with van der Waals surface area (Å²) >= 11 is 0. The summed E-state index contributed by atoms with van der Waals surface area (Å²) in [6, 6.07) is 7.22. The largest absolute Gasteiger partial charge is 0.325 e. The van der Waals surface area contributed by atoms with Gasteiger partial charge in [0.15, 0.2) is 19.7 Å². The molecule has 0 bridgehead atoms. The number of aliphatic imine (C=N–C) groups is 1. The summed E-state index contributed by atoms with van der Waals surface area (Å²) in [6.45, 7) is 9.00. The van der Waals surface area contributed by atoms with E-state index in [4.69, 9.17) is 0 Å². The van der Waals surface area contributed by atoms with E-state index >= 15 is 0 Å². The number of rotatable bonds is 8. The monoisotopic (exact) mass is 535 g/mol. The number of carbonyl (C=O) groups is 1. The van der Waals surface area contributed by atoms with Crippen LogP contribution in [0.5, 0.6) is 0 Å². The number of amides is 1. The molecule has 10 heteroatoms. The molecule has 3 rings (SSSR count). The summed E-state index contributed by atoms with van der Waals surface area (Å²) in [5, 5.41) is 9.25. The predicted octanol–water partition coefficient (Wildman–Crippen LogP) is 3.67. The minimum atomic E-state index is -3.56. The average Bonchev–Trinajstić information content (AvgIpc) is 3.38. The fourth-order valence-electron chi connectivity index (χ4n) is 5.71. The highest BCUT2D eigenvalue weighted by Crippen LogP contribution is 2.57. The van der Waals surface area contributed by atoms with E-state index in [2.05, 4.69) is 31.8 Å². The molecule has 0 radical (unpaired) electrons. The van der Waals surface area contributed by atoms with Crippen molar-refractivity contribution in [1.82, 2.24) is 4.90 Å². The van der Waals surface area contributed by atoms with Crippen LogP contribution < -0.4 is 0 Å². The molecule has 198 valence electrons. The minimum absolute atomic E-state index is 0.0193. The van der Waals surface area contributed by atoms with Crippen LogP contribution in [0.1, 0.15) is 59.8 Å². The second-order valence-electron chi connectivity index (χ2n) is 10.9. The van der Waals surface area contributed by atoms with E-state index in [0.717, 1.165) is 31.2 Å². The van der Waals surface area contributed by atoms with Crippen molar-refractivity contribution in [3.63, 3.8) is 0 Å². The first-order valence-electron chi connectivity index (χ1n) is 12.4. The van der Waals surface area contributed by atoms with Gasteiger partial charge in [0.2, 0.25) is 5.91 Å². The maximum absolute atomic E-state index is 13.0. The molecule has 1 amide bonds. The Hall–Kier alpha value is -2.25. The molecule has 1 aliphatic carbocycles. The quantitative estimate of drug-likeness (QED) is 0.468. The smallest absolute Gasteiger partial charge is 0.245 e. The number of hydrogen-bond donors (Lipinski definition) is 0. The lowest BCUT2D eigenvalue weighted by Gasteiger charge is -2.42. The van der Waals surface area contributed by atoms with Crippen LogP contribution in [0.2, 0.25) is 0 Å². The second-order valence-corrected chi connectivity index (χ2v) is 15.0. The third-order valence-electron chi connectivity index (χ3n) is 8.75. The number of nitrogens with zero attached hydrogens (tertiary/aromatic N) is 3. The third-order valence-corrected chi connectivity index (χ3v) is 11.6. The first kappa shape index (κ1) is 28.3. The third kappa shape index (κ3) is 5.52. The molecule has 1 aromatic rings. The molecule has 1 saturated heterocycles. The van der Waals surface area contributed by atoms with Crippen LogP contribution in [-0.2, 0) is 24.5 Å². The Bertz CT molecular complexity index is 1280. The maximum atomic E-state index is 13.0. The summed E-state index contributed by atoms with van der Waals surface area (Å²) in [7, 11) is -6.95. The average molecular weight is 536 g/mol. The molecule has 3 atom stereocenters. The fourth-order valence-corrected chi connectivity index (χ4v) is 7.72. The van der Waals surface area contributed by atoms with E-state index in [1.54, 1.807) is 4.90 Å². The molecule has 2 aliphatic rings. The van der Waals surface area contributed by atoms with Crippen LogP contribution in [0, 0.1) is 28.1 Å². The SMILES string of the molecule is CC(=NCC(=O)N1CCCC1C#N)C1(C)CCC(CCS(=O)(=O)c2ccc(S(C)(=O)=O)cc2)C1(C)C. The van der Waals surface area contributed by atoms with Gasteiger partial charge < -0.3 is 4.90 Å². The fraction of sp³-hybridized carbons (Fsp3) is 0.654. The molecule has 1 aromatic carbocycles. The van der Waals surface area contributed by atoms with Crippen molar-refractivity contribution >= 4 is 31.3 Å². The van der Waals surface area contributed by atoms with Crippen molar-refractivity contribution in [1.29, 1.82) is 5.26 Å². The van der Waals surface area contributed by atoms with Gasteiger partial charge in [0, 0.05) is 23.9 Å². The van der Waals surface area contributed by atoms with Gasteiger partial charge in [-0.2, -0.15) is 5.26 Å². The topological polar surface area (TPSA) is 125 Å². The number of hydrogen-bond acceptors (Lipinski definition) is 7. The molecular formula is C26H37N3O5S2. The van der Waals surface area contributed by atoms with E-state index in [1.165, 1.54) is 24.3 Å². The Labute approximate surface area is 215 Å². The van der Waals surface area contributed by atoms with Crippen molar-refractivity contribution in [2.24, 2.45) is 21.7 Å². The first-order valence-corrected chi connectivity index (χ1v) is 15.9. The molecule has 0 aromatic heterocycles. The number of benzene rings is 1. The standard InChI is InChI=1S/C26H37N3O5S2/c1-19(28-18-24(30)29-15-6-7-21(29)17-27)26(4)14-12-20(25(26,2)3)13-16-36(33,34)23-10-8-22(9-11-23)35(5,31)32/h8-11,20-21H,6-7,12-16,18H2,1-5H3. The second kappa shape index (κ2) is 10.3. The van der Waals surface area contributed by atoms with Crippen LogP contribution in [0.15, 0.2) is 39.0 Å². The number of nitriles is 1. The van der Waals surface area contributed by atoms with Crippen molar-refractivity contribution < 1.29 is 21.6 Å². The van der Waals surface area contributed by atoms with Crippen LogP contribution in [0.25, 0.3) is 0 Å². The zero-order valence-corrected chi connectivity index (χ0v) is 23.5. The van der Waals surface area contributed by atoms with Crippen molar-refractivity contribution in [2.75, 3.05) is 25.1 Å². The van der Waals surface area contributed by atoms with Crippen LogP contribution in [-0.4, -0.2) is 64.5 Å². The highest BCUT2D eigenvalue weighted by Gasteiger charge is 2.52. The molecule has 0 N–H and O–H groups in total. The predicted molar refractivity (Wildman–Crippen MR) is 139 cm³/mol. The summed E-state index contributed by atoms with van der Waals surface area (Å²) in [4.78, 5) is 19.1. The van der Waals surface area contributed by atoms with Gasteiger partial charge in [0.1, 0.15) is 12.6 Å². The van der Waals surface area contributed by atoms with Gasteiger partial charge in [-0.15, -0.1) is 0 Å².